The molecule has 0 spiro atoms. The third-order valence-corrected chi connectivity index (χ3v) is 3.74. The van der Waals surface area contributed by atoms with Gasteiger partial charge >= 0.3 is 0 Å². The van der Waals surface area contributed by atoms with Crippen LogP contribution in [0.1, 0.15) is 30.4 Å². The largest absolute Gasteiger partial charge is 0.307 e. The van der Waals surface area contributed by atoms with Gasteiger partial charge in [0.15, 0.2) is 0 Å². The maximum absolute atomic E-state index is 2.37. The number of rotatable bonds is 6. The number of benzene rings is 2. The van der Waals surface area contributed by atoms with Crippen LogP contribution in [0.3, 0.4) is 0 Å². The Morgan fingerprint density at radius 2 is 1.32 bits per heavy atom. The molecule has 0 fully saturated rings. The minimum absolute atomic E-state index is 0.497. The predicted octanol–water partition coefficient (Wildman–Crippen LogP) is 4.16. The molecule has 0 unspecified atom stereocenters. The molecule has 0 saturated heterocycles. The lowest BCUT2D eigenvalue weighted by Gasteiger charge is -2.21. The molecule has 1 heteroatoms. The maximum Gasteiger partial charge on any atom is 0.0101 e. The van der Waals surface area contributed by atoms with Crippen molar-refractivity contribution in [2.24, 2.45) is 0 Å². The quantitative estimate of drug-likeness (QED) is 0.747. The lowest BCUT2D eigenvalue weighted by molar-refractivity contribution is 0.340. The fourth-order valence-corrected chi connectivity index (χ4v) is 2.40. The zero-order valence-electron chi connectivity index (χ0n) is 11.9. The molecule has 0 aromatic heterocycles. The fourth-order valence-electron chi connectivity index (χ4n) is 2.40. The number of hydrogen-bond donors (Lipinski definition) is 0. The summed E-state index contributed by atoms with van der Waals surface area (Å²) in [5, 5.41) is 0. The van der Waals surface area contributed by atoms with Gasteiger partial charge in [0, 0.05) is 5.92 Å². The number of hydrogen-bond acceptors (Lipinski definition) is 1. The normalized spacial score (nSPS) is 11.2. The molecule has 2 aromatic carbocycles. The van der Waals surface area contributed by atoms with E-state index in [0.29, 0.717) is 5.92 Å². The van der Waals surface area contributed by atoms with E-state index in [4.69, 9.17) is 0 Å². The zero-order valence-corrected chi connectivity index (χ0v) is 11.9. The van der Waals surface area contributed by atoms with Crippen LogP contribution in [-0.4, -0.2) is 25.0 Å². The molecule has 0 N–H and O–H groups in total. The van der Waals surface area contributed by atoms with Gasteiger partial charge in [0.25, 0.3) is 0 Å². The Morgan fingerprint density at radius 1 is 0.842 bits per heavy atom. The lowest BCUT2D eigenvalue weighted by atomic mass is 9.88. The van der Waals surface area contributed by atoms with Gasteiger partial charge in [-0.2, -0.15) is 0 Å². The summed E-state index contributed by atoms with van der Waals surface area (Å²) < 4.78 is 0. The van der Waals surface area contributed by atoms with E-state index >= 15 is 0 Å². The molecule has 0 heterocycles. The van der Waals surface area contributed by atoms with Crippen molar-refractivity contribution in [2.75, 3.05) is 20.1 Å². The van der Waals surface area contributed by atoms with Gasteiger partial charge in [-0.05, 0) is 37.7 Å². The van der Waals surface area contributed by atoms with E-state index in [1.165, 1.54) is 17.5 Å². The van der Waals surface area contributed by atoms with Crippen LogP contribution in [0.15, 0.2) is 60.7 Å². The summed E-state index contributed by atoms with van der Waals surface area (Å²) in [4.78, 5) is 2.37. The lowest BCUT2D eigenvalue weighted by Crippen LogP contribution is -2.21. The van der Waals surface area contributed by atoms with Gasteiger partial charge in [-0.25, -0.2) is 0 Å². The third-order valence-electron chi connectivity index (χ3n) is 3.74. The standard InChI is InChI=1S/C18H23N/c1-3-19(2)15-14-18(16-10-6-4-7-11-16)17-12-8-5-9-13-17/h4-13,18H,3,14-15H2,1-2H3. The second kappa shape index (κ2) is 7.10. The summed E-state index contributed by atoms with van der Waals surface area (Å²) in [6.45, 7) is 4.45. The van der Waals surface area contributed by atoms with Crippen molar-refractivity contribution in [1.29, 1.82) is 0 Å². The maximum atomic E-state index is 2.37. The second-order valence-electron chi connectivity index (χ2n) is 5.06. The fraction of sp³-hybridized carbons (Fsp3) is 0.333. The SMILES string of the molecule is CCN(C)CCC(c1ccccc1)c1ccccc1. The van der Waals surface area contributed by atoms with Crippen LogP contribution in [0.4, 0.5) is 0 Å². The highest BCUT2D eigenvalue weighted by molar-refractivity contribution is 5.32. The summed E-state index contributed by atoms with van der Waals surface area (Å²) in [6.07, 6.45) is 1.17. The highest BCUT2D eigenvalue weighted by Crippen LogP contribution is 2.27. The predicted molar refractivity (Wildman–Crippen MR) is 82.5 cm³/mol. The summed E-state index contributed by atoms with van der Waals surface area (Å²) >= 11 is 0. The molecular weight excluding hydrogens is 230 g/mol. The third kappa shape index (κ3) is 3.93. The smallest absolute Gasteiger partial charge is 0.0101 e. The van der Waals surface area contributed by atoms with Crippen LogP contribution in [-0.2, 0) is 0 Å². The average Bonchev–Trinajstić information content (AvgIpc) is 2.49. The van der Waals surface area contributed by atoms with Crippen molar-refractivity contribution in [3.8, 4) is 0 Å². The Bertz CT molecular complexity index is 424. The second-order valence-corrected chi connectivity index (χ2v) is 5.06. The molecule has 19 heavy (non-hydrogen) atoms. The van der Waals surface area contributed by atoms with Crippen LogP contribution in [0, 0.1) is 0 Å². The van der Waals surface area contributed by atoms with Crippen molar-refractivity contribution in [3.05, 3.63) is 71.8 Å². The summed E-state index contributed by atoms with van der Waals surface area (Å²) in [7, 11) is 2.19. The highest BCUT2D eigenvalue weighted by Gasteiger charge is 2.13. The Labute approximate surface area is 116 Å². The van der Waals surface area contributed by atoms with Crippen molar-refractivity contribution < 1.29 is 0 Å². The Morgan fingerprint density at radius 3 is 1.74 bits per heavy atom. The molecular formula is C18H23N. The minimum Gasteiger partial charge on any atom is -0.307 e. The van der Waals surface area contributed by atoms with Gasteiger partial charge < -0.3 is 4.90 Å². The van der Waals surface area contributed by atoms with Gasteiger partial charge in [0.1, 0.15) is 0 Å². The molecule has 2 rings (SSSR count). The van der Waals surface area contributed by atoms with Crippen molar-refractivity contribution >= 4 is 0 Å². The van der Waals surface area contributed by atoms with Gasteiger partial charge in [-0.1, -0.05) is 67.6 Å². The first-order valence-electron chi connectivity index (χ1n) is 7.09. The van der Waals surface area contributed by atoms with Crippen molar-refractivity contribution in [3.63, 3.8) is 0 Å². The monoisotopic (exact) mass is 253 g/mol. The first-order chi connectivity index (χ1) is 9.31. The van der Waals surface area contributed by atoms with Crippen LogP contribution >= 0.6 is 0 Å². The van der Waals surface area contributed by atoms with Gasteiger partial charge in [-0.15, -0.1) is 0 Å². The Kier molecular flexibility index (Phi) is 5.17. The van der Waals surface area contributed by atoms with E-state index in [9.17, 15) is 0 Å². The van der Waals surface area contributed by atoms with Crippen LogP contribution in [0.25, 0.3) is 0 Å². The van der Waals surface area contributed by atoms with E-state index in [0.717, 1.165) is 13.1 Å². The minimum atomic E-state index is 0.497. The van der Waals surface area contributed by atoms with Crippen molar-refractivity contribution in [2.45, 2.75) is 19.3 Å². The number of nitrogens with zero attached hydrogens (tertiary/aromatic N) is 1. The Balaban J connectivity index is 2.19. The topological polar surface area (TPSA) is 3.24 Å². The molecule has 0 aliphatic heterocycles. The van der Waals surface area contributed by atoms with E-state index < -0.39 is 0 Å². The molecule has 0 aliphatic carbocycles. The molecule has 0 amide bonds. The molecule has 0 radical (unpaired) electrons. The first kappa shape index (κ1) is 13.8. The Hall–Kier alpha value is -1.60. The highest BCUT2D eigenvalue weighted by atomic mass is 15.1. The van der Waals surface area contributed by atoms with Crippen LogP contribution < -0.4 is 0 Å². The molecule has 100 valence electrons. The van der Waals surface area contributed by atoms with Crippen LogP contribution in [0.5, 0.6) is 0 Å². The molecule has 1 nitrogen and oxygen atoms in total. The van der Waals surface area contributed by atoms with E-state index in [1.807, 2.05) is 0 Å². The van der Waals surface area contributed by atoms with Crippen LogP contribution in [0.2, 0.25) is 0 Å². The summed E-state index contributed by atoms with van der Waals surface area (Å²) in [6, 6.07) is 21.7. The average molecular weight is 253 g/mol. The van der Waals surface area contributed by atoms with E-state index in [-0.39, 0.29) is 0 Å². The molecule has 0 atom stereocenters. The van der Waals surface area contributed by atoms with Gasteiger partial charge in [0.05, 0.1) is 0 Å². The van der Waals surface area contributed by atoms with E-state index in [2.05, 4.69) is 79.5 Å². The van der Waals surface area contributed by atoms with Gasteiger partial charge in [-0.3, -0.25) is 0 Å². The summed E-state index contributed by atoms with van der Waals surface area (Å²) in [5.41, 5.74) is 2.83. The molecule has 0 saturated carbocycles. The van der Waals surface area contributed by atoms with E-state index in [1.54, 1.807) is 0 Å². The first-order valence-corrected chi connectivity index (χ1v) is 7.09. The van der Waals surface area contributed by atoms with Gasteiger partial charge in [0.2, 0.25) is 0 Å². The molecule has 0 aliphatic rings. The molecule has 0 bridgehead atoms. The molecule has 2 aromatic rings. The zero-order chi connectivity index (χ0) is 13.5. The summed E-state index contributed by atoms with van der Waals surface area (Å²) in [5.74, 6) is 0.497. The van der Waals surface area contributed by atoms with Crippen molar-refractivity contribution in [1.82, 2.24) is 4.90 Å².